The van der Waals surface area contributed by atoms with Crippen molar-refractivity contribution >= 4 is 12.0 Å². The topological polar surface area (TPSA) is 87.7 Å². The summed E-state index contributed by atoms with van der Waals surface area (Å²) in [7, 11) is 1.45. The molecule has 0 saturated heterocycles. The number of amides is 2. The Morgan fingerprint density at radius 3 is 2.65 bits per heavy atom. The molecular formula is C14H24N2O4. The first-order valence-corrected chi connectivity index (χ1v) is 7.34. The minimum absolute atomic E-state index is 0.108. The van der Waals surface area contributed by atoms with E-state index in [1.807, 2.05) is 0 Å². The average molecular weight is 284 g/mol. The maximum atomic E-state index is 11.7. The van der Waals surface area contributed by atoms with E-state index < -0.39 is 12.1 Å². The molecule has 20 heavy (non-hydrogen) atoms. The molecule has 2 rings (SSSR count). The zero-order chi connectivity index (χ0) is 14.5. The summed E-state index contributed by atoms with van der Waals surface area (Å²) in [6, 6.07) is -0.236. The number of rotatable bonds is 7. The Kier molecular flexibility index (Phi) is 5.23. The van der Waals surface area contributed by atoms with Crippen molar-refractivity contribution in [2.45, 2.75) is 38.2 Å². The van der Waals surface area contributed by atoms with E-state index in [1.54, 1.807) is 0 Å². The van der Waals surface area contributed by atoms with Gasteiger partial charge in [-0.1, -0.05) is 6.42 Å². The zero-order valence-electron chi connectivity index (χ0n) is 11.9. The SMILES string of the molecule is COC(CNC(=O)NCC1CC2CCC1C2)CC(=O)O. The molecule has 0 spiro atoms. The molecule has 0 aliphatic heterocycles. The van der Waals surface area contributed by atoms with E-state index in [2.05, 4.69) is 10.6 Å². The molecule has 2 aliphatic rings. The summed E-state index contributed by atoms with van der Waals surface area (Å²) in [4.78, 5) is 22.3. The van der Waals surface area contributed by atoms with Gasteiger partial charge in [-0.15, -0.1) is 0 Å². The number of hydrogen-bond donors (Lipinski definition) is 3. The summed E-state index contributed by atoms with van der Waals surface area (Å²) >= 11 is 0. The van der Waals surface area contributed by atoms with Crippen LogP contribution in [0.3, 0.4) is 0 Å². The van der Waals surface area contributed by atoms with Gasteiger partial charge in [0.1, 0.15) is 0 Å². The van der Waals surface area contributed by atoms with Crippen molar-refractivity contribution in [1.29, 1.82) is 0 Å². The molecule has 3 N–H and O–H groups in total. The summed E-state index contributed by atoms with van der Waals surface area (Å²) in [6.45, 7) is 0.939. The van der Waals surface area contributed by atoms with Gasteiger partial charge in [0.2, 0.25) is 0 Å². The van der Waals surface area contributed by atoms with E-state index in [1.165, 1.54) is 32.8 Å². The van der Waals surface area contributed by atoms with Crippen LogP contribution in [0.2, 0.25) is 0 Å². The molecule has 114 valence electrons. The highest BCUT2D eigenvalue weighted by molar-refractivity contribution is 5.74. The molecule has 2 aliphatic carbocycles. The van der Waals surface area contributed by atoms with Gasteiger partial charge in [-0.3, -0.25) is 4.79 Å². The highest BCUT2D eigenvalue weighted by Crippen LogP contribution is 2.47. The summed E-state index contributed by atoms with van der Waals surface area (Å²) in [5, 5.41) is 14.2. The molecule has 4 atom stereocenters. The van der Waals surface area contributed by atoms with Crippen molar-refractivity contribution in [3.05, 3.63) is 0 Å². The molecule has 2 amide bonds. The smallest absolute Gasteiger partial charge is 0.314 e. The van der Waals surface area contributed by atoms with Crippen LogP contribution < -0.4 is 10.6 Å². The Bertz CT molecular complexity index is 361. The third-order valence-electron chi connectivity index (χ3n) is 4.64. The van der Waals surface area contributed by atoms with Crippen molar-refractivity contribution in [3.8, 4) is 0 Å². The van der Waals surface area contributed by atoms with Gasteiger partial charge in [-0.25, -0.2) is 4.79 Å². The molecular weight excluding hydrogens is 260 g/mol. The minimum Gasteiger partial charge on any atom is -0.481 e. The van der Waals surface area contributed by atoms with Crippen molar-refractivity contribution in [1.82, 2.24) is 10.6 Å². The van der Waals surface area contributed by atoms with Gasteiger partial charge in [-0.2, -0.15) is 0 Å². The molecule has 0 aromatic carbocycles. The molecule has 6 heteroatoms. The third-order valence-corrected chi connectivity index (χ3v) is 4.64. The minimum atomic E-state index is -0.930. The number of aliphatic carboxylic acids is 1. The van der Waals surface area contributed by atoms with Crippen LogP contribution in [-0.4, -0.2) is 43.4 Å². The van der Waals surface area contributed by atoms with Crippen LogP contribution in [-0.2, 0) is 9.53 Å². The number of nitrogens with one attached hydrogen (secondary N) is 2. The number of hydrogen-bond acceptors (Lipinski definition) is 3. The van der Waals surface area contributed by atoms with Crippen LogP contribution in [0, 0.1) is 17.8 Å². The Morgan fingerprint density at radius 2 is 2.10 bits per heavy atom. The van der Waals surface area contributed by atoms with E-state index in [4.69, 9.17) is 9.84 Å². The lowest BCUT2D eigenvalue weighted by Crippen LogP contribution is -2.43. The number of methoxy groups -OCH3 is 1. The Hall–Kier alpha value is -1.30. The lowest BCUT2D eigenvalue weighted by molar-refractivity contribution is -0.139. The van der Waals surface area contributed by atoms with Gasteiger partial charge in [0, 0.05) is 20.2 Å². The lowest BCUT2D eigenvalue weighted by atomic mass is 9.89. The molecule has 6 nitrogen and oxygen atoms in total. The Balaban J connectivity index is 1.61. The number of carboxylic acid groups (broad SMARTS) is 1. The quantitative estimate of drug-likeness (QED) is 0.656. The normalized spacial score (nSPS) is 29.1. The van der Waals surface area contributed by atoms with Gasteiger partial charge in [0.15, 0.2) is 0 Å². The van der Waals surface area contributed by atoms with Gasteiger partial charge in [-0.05, 0) is 37.0 Å². The molecule has 0 heterocycles. The Labute approximate surface area is 119 Å². The first-order valence-electron chi connectivity index (χ1n) is 7.34. The number of carboxylic acids is 1. The molecule has 2 bridgehead atoms. The van der Waals surface area contributed by atoms with Crippen LogP contribution in [0.25, 0.3) is 0 Å². The van der Waals surface area contributed by atoms with Crippen LogP contribution in [0.1, 0.15) is 32.1 Å². The second-order valence-corrected chi connectivity index (χ2v) is 5.98. The van der Waals surface area contributed by atoms with E-state index in [0.29, 0.717) is 5.92 Å². The molecule has 2 fully saturated rings. The number of carbonyl (C=O) groups is 2. The monoisotopic (exact) mass is 284 g/mol. The van der Waals surface area contributed by atoms with Crippen molar-refractivity contribution in [3.63, 3.8) is 0 Å². The fourth-order valence-electron chi connectivity index (χ4n) is 3.55. The number of urea groups is 1. The van der Waals surface area contributed by atoms with Crippen molar-refractivity contribution in [2.75, 3.05) is 20.2 Å². The lowest BCUT2D eigenvalue weighted by Gasteiger charge is -2.22. The van der Waals surface area contributed by atoms with E-state index in [-0.39, 0.29) is 19.0 Å². The number of carbonyl (C=O) groups excluding carboxylic acids is 1. The number of fused-ring (bicyclic) bond motifs is 2. The average Bonchev–Trinajstić information content (AvgIpc) is 3.03. The fourth-order valence-corrected chi connectivity index (χ4v) is 3.55. The second-order valence-electron chi connectivity index (χ2n) is 5.98. The molecule has 0 aromatic heterocycles. The van der Waals surface area contributed by atoms with E-state index in [0.717, 1.165) is 18.4 Å². The standard InChI is InChI=1S/C14H24N2O4/c1-20-12(6-13(17)18)8-16-14(19)15-7-11-5-9-2-3-10(11)4-9/h9-12H,2-8H2,1H3,(H,17,18)(H2,15,16,19). The molecule has 0 radical (unpaired) electrons. The second kappa shape index (κ2) is 6.92. The van der Waals surface area contributed by atoms with Gasteiger partial charge in [0.25, 0.3) is 0 Å². The maximum absolute atomic E-state index is 11.7. The van der Waals surface area contributed by atoms with Crippen LogP contribution in [0.5, 0.6) is 0 Å². The first-order chi connectivity index (χ1) is 9.58. The van der Waals surface area contributed by atoms with Crippen LogP contribution >= 0.6 is 0 Å². The van der Waals surface area contributed by atoms with Crippen molar-refractivity contribution in [2.24, 2.45) is 17.8 Å². The van der Waals surface area contributed by atoms with E-state index in [9.17, 15) is 9.59 Å². The molecule has 2 saturated carbocycles. The largest absolute Gasteiger partial charge is 0.481 e. The number of ether oxygens (including phenoxy) is 1. The Morgan fingerprint density at radius 1 is 1.30 bits per heavy atom. The van der Waals surface area contributed by atoms with Crippen molar-refractivity contribution < 1.29 is 19.4 Å². The van der Waals surface area contributed by atoms with Gasteiger partial charge in [0.05, 0.1) is 12.5 Å². The summed E-state index contributed by atoms with van der Waals surface area (Å²) in [5.74, 6) is 1.36. The molecule has 0 aromatic rings. The van der Waals surface area contributed by atoms with Gasteiger partial charge < -0.3 is 20.5 Å². The first kappa shape index (κ1) is 15.1. The summed E-state index contributed by atoms with van der Waals surface area (Å²) in [6.07, 6.45) is 4.65. The highest BCUT2D eigenvalue weighted by atomic mass is 16.5. The predicted molar refractivity (Wildman–Crippen MR) is 73.4 cm³/mol. The predicted octanol–water partition coefficient (Wildman–Crippen LogP) is 1.21. The fraction of sp³-hybridized carbons (Fsp3) is 0.857. The van der Waals surface area contributed by atoms with E-state index >= 15 is 0 Å². The highest BCUT2D eigenvalue weighted by Gasteiger charge is 2.39. The van der Waals surface area contributed by atoms with Gasteiger partial charge >= 0.3 is 12.0 Å². The summed E-state index contributed by atoms with van der Waals surface area (Å²) in [5.41, 5.74) is 0. The maximum Gasteiger partial charge on any atom is 0.314 e. The van der Waals surface area contributed by atoms with Crippen LogP contribution in [0.15, 0.2) is 0 Å². The summed E-state index contributed by atoms with van der Waals surface area (Å²) < 4.78 is 5.01. The third kappa shape index (κ3) is 4.10. The molecule has 4 unspecified atom stereocenters. The van der Waals surface area contributed by atoms with Crippen LogP contribution in [0.4, 0.5) is 4.79 Å². The zero-order valence-corrected chi connectivity index (χ0v) is 11.9.